The van der Waals surface area contributed by atoms with Crippen LogP contribution in [0.2, 0.25) is 0 Å². The first-order valence-corrected chi connectivity index (χ1v) is 6.94. The van der Waals surface area contributed by atoms with Crippen molar-refractivity contribution in [3.8, 4) is 0 Å². The van der Waals surface area contributed by atoms with E-state index in [1.165, 1.54) is 4.90 Å². The summed E-state index contributed by atoms with van der Waals surface area (Å²) in [5.41, 5.74) is 7.52. The SMILES string of the molecule is CSc1ccc(C(O)Cc2ccnc(N)c2)cc1. The number of thioether (sulfide) groups is 1. The molecule has 18 heavy (non-hydrogen) atoms. The van der Waals surface area contributed by atoms with Crippen molar-refractivity contribution in [1.82, 2.24) is 4.98 Å². The highest BCUT2D eigenvalue weighted by molar-refractivity contribution is 7.98. The Morgan fingerprint density at radius 1 is 1.28 bits per heavy atom. The molecule has 0 spiro atoms. The molecule has 1 atom stereocenters. The Morgan fingerprint density at radius 2 is 2.00 bits per heavy atom. The molecule has 0 saturated heterocycles. The monoisotopic (exact) mass is 260 g/mol. The number of anilines is 1. The molecule has 0 radical (unpaired) electrons. The second-order valence-corrected chi connectivity index (χ2v) is 4.96. The Labute approximate surface area is 111 Å². The fourth-order valence-corrected chi connectivity index (χ4v) is 2.20. The van der Waals surface area contributed by atoms with Crippen molar-refractivity contribution in [3.05, 3.63) is 53.7 Å². The zero-order valence-electron chi connectivity index (χ0n) is 10.2. The second-order valence-electron chi connectivity index (χ2n) is 4.08. The van der Waals surface area contributed by atoms with Gasteiger partial charge >= 0.3 is 0 Å². The van der Waals surface area contributed by atoms with Crippen LogP contribution in [0.5, 0.6) is 0 Å². The van der Waals surface area contributed by atoms with Crippen LogP contribution in [-0.4, -0.2) is 16.3 Å². The first-order chi connectivity index (χ1) is 8.69. The molecule has 1 aromatic carbocycles. The highest BCUT2D eigenvalue weighted by atomic mass is 32.2. The van der Waals surface area contributed by atoms with Crippen molar-refractivity contribution in [2.45, 2.75) is 17.4 Å². The summed E-state index contributed by atoms with van der Waals surface area (Å²) in [6.45, 7) is 0. The molecule has 1 heterocycles. The van der Waals surface area contributed by atoms with E-state index in [0.29, 0.717) is 12.2 Å². The van der Waals surface area contributed by atoms with Gasteiger partial charge in [0.25, 0.3) is 0 Å². The smallest absolute Gasteiger partial charge is 0.123 e. The fraction of sp³-hybridized carbons (Fsp3) is 0.214. The van der Waals surface area contributed by atoms with Gasteiger partial charge in [-0.3, -0.25) is 0 Å². The van der Waals surface area contributed by atoms with Crippen molar-refractivity contribution in [1.29, 1.82) is 0 Å². The number of benzene rings is 1. The molecule has 3 nitrogen and oxygen atoms in total. The lowest BCUT2D eigenvalue weighted by Crippen LogP contribution is -2.02. The number of hydrogen-bond donors (Lipinski definition) is 2. The van der Waals surface area contributed by atoms with Crippen LogP contribution in [-0.2, 0) is 6.42 Å². The number of hydrogen-bond acceptors (Lipinski definition) is 4. The van der Waals surface area contributed by atoms with Gasteiger partial charge in [-0.2, -0.15) is 0 Å². The van der Waals surface area contributed by atoms with Gasteiger partial charge in [-0.25, -0.2) is 4.98 Å². The zero-order chi connectivity index (χ0) is 13.0. The van der Waals surface area contributed by atoms with Crippen molar-refractivity contribution in [2.75, 3.05) is 12.0 Å². The van der Waals surface area contributed by atoms with Crippen LogP contribution in [0.25, 0.3) is 0 Å². The number of nitrogens with two attached hydrogens (primary N) is 1. The highest BCUT2D eigenvalue weighted by Crippen LogP contribution is 2.22. The number of aliphatic hydroxyl groups is 1. The molecule has 0 aliphatic heterocycles. The number of nitrogens with zero attached hydrogens (tertiary/aromatic N) is 1. The van der Waals surface area contributed by atoms with Gasteiger partial charge in [-0.05, 0) is 41.6 Å². The lowest BCUT2D eigenvalue weighted by molar-refractivity contribution is 0.178. The quantitative estimate of drug-likeness (QED) is 0.830. The van der Waals surface area contributed by atoms with E-state index in [0.717, 1.165) is 11.1 Å². The van der Waals surface area contributed by atoms with Gasteiger partial charge in [0.15, 0.2) is 0 Å². The third kappa shape index (κ3) is 3.24. The topological polar surface area (TPSA) is 59.1 Å². The second kappa shape index (κ2) is 5.89. The molecular weight excluding hydrogens is 244 g/mol. The van der Waals surface area contributed by atoms with E-state index >= 15 is 0 Å². The number of rotatable bonds is 4. The summed E-state index contributed by atoms with van der Waals surface area (Å²) < 4.78 is 0. The van der Waals surface area contributed by atoms with Crippen molar-refractivity contribution in [2.24, 2.45) is 0 Å². The van der Waals surface area contributed by atoms with E-state index < -0.39 is 6.10 Å². The number of nitrogen functional groups attached to an aromatic ring is 1. The minimum Gasteiger partial charge on any atom is -0.388 e. The molecule has 0 fully saturated rings. The van der Waals surface area contributed by atoms with E-state index in [-0.39, 0.29) is 0 Å². The molecule has 0 aliphatic rings. The van der Waals surface area contributed by atoms with Crippen LogP contribution in [0.15, 0.2) is 47.5 Å². The van der Waals surface area contributed by atoms with E-state index in [4.69, 9.17) is 5.73 Å². The van der Waals surface area contributed by atoms with Crippen LogP contribution in [0.3, 0.4) is 0 Å². The van der Waals surface area contributed by atoms with Gasteiger partial charge in [0.1, 0.15) is 5.82 Å². The van der Waals surface area contributed by atoms with Gasteiger partial charge in [0, 0.05) is 17.5 Å². The summed E-state index contributed by atoms with van der Waals surface area (Å²) in [5.74, 6) is 0.484. The first kappa shape index (κ1) is 12.9. The third-order valence-corrected chi connectivity index (χ3v) is 3.52. The normalized spacial score (nSPS) is 12.3. The third-order valence-electron chi connectivity index (χ3n) is 2.78. The predicted molar refractivity (Wildman–Crippen MR) is 75.5 cm³/mol. The molecule has 94 valence electrons. The zero-order valence-corrected chi connectivity index (χ0v) is 11.0. The Morgan fingerprint density at radius 3 is 2.61 bits per heavy atom. The van der Waals surface area contributed by atoms with Crippen molar-refractivity contribution < 1.29 is 5.11 Å². The first-order valence-electron chi connectivity index (χ1n) is 5.71. The van der Waals surface area contributed by atoms with Crippen LogP contribution >= 0.6 is 11.8 Å². The standard InChI is InChI=1S/C14H16N2OS/c1-18-12-4-2-11(3-5-12)13(17)8-10-6-7-16-14(15)9-10/h2-7,9,13,17H,8H2,1H3,(H2,15,16). The highest BCUT2D eigenvalue weighted by Gasteiger charge is 2.08. The van der Waals surface area contributed by atoms with Gasteiger partial charge in [-0.15, -0.1) is 11.8 Å². The van der Waals surface area contributed by atoms with Gasteiger partial charge in [0.05, 0.1) is 6.10 Å². The number of aliphatic hydroxyl groups excluding tert-OH is 1. The van der Waals surface area contributed by atoms with Crippen LogP contribution < -0.4 is 5.73 Å². The molecule has 0 aliphatic carbocycles. The van der Waals surface area contributed by atoms with E-state index in [2.05, 4.69) is 4.98 Å². The van der Waals surface area contributed by atoms with Gasteiger partial charge in [0.2, 0.25) is 0 Å². The Hall–Kier alpha value is -1.52. The summed E-state index contributed by atoms with van der Waals surface area (Å²) in [6, 6.07) is 11.6. The van der Waals surface area contributed by atoms with Crippen molar-refractivity contribution in [3.63, 3.8) is 0 Å². The molecule has 2 aromatic rings. The minimum atomic E-state index is -0.511. The molecule has 1 aromatic heterocycles. The fourth-order valence-electron chi connectivity index (χ4n) is 1.79. The van der Waals surface area contributed by atoms with Crippen LogP contribution in [0, 0.1) is 0 Å². The molecule has 0 amide bonds. The number of aromatic nitrogens is 1. The van der Waals surface area contributed by atoms with Crippen LogP contribution in [0.1, 0.15) is 17.2 Å². The summed E-state index contributed by atoms with van der Waals surface area (Å²) in [5, 5.41) is 10.2. The Balaban J connectivity index is 2.09. The molecule has 3 N–H and O–H groups in total. The Bertz CT molecular complexity index is 513. The summed E-state index contributed by atoms with van der Waals surface area (Å²) in [7, 11) is 0. The average molecular weight is 260 g/mol. The maximum absolute atomic E-state index is 10.2. The predicted octanol–water partition coefficient (Wildman–Crippen LogP) is 2.66. The van der Waals surface area contributed by atoms with Crippen molar-refractivity contribution >= 4 is 17.6 Å². The molecule has 2 rings (SSSR count). The Kier molecular flexibility index (Phi) is 4.23. The maximum Gasteiger partial charge on any atom is 0.123 e. The molecule has 1 unspecified atom stereocenters. The largest absolute Gasteiger partial charge is 0.388 e. The lowest BCUT2D eigenvalue weighted by Gasteiger charge is -2.11. The van der Waals surface area contributed by atoms with Crippen LogP contribution in [0.4, 0.5) is 5.82 Å². The van der Waals surface area contributed by atoms with E-state index in [1.807, 2.05) is 36.6 Å². The number of pyridine rings is 1. The molecule has 4 heteroatoms. The summed E-state index contributed by atoms with van der Waals surface area (Å²) in [6.07, 6.45) is 3.73. The van der Waals surface area contributed by atoms with E-state index in [1.54, 1.807) is 24.0 Å². The van der Waals surface area contributed by atoms with Gasteiger partial charge < -0.3 is 10.8 Å². The average Bonchev–Trinajstić information content (AvgIpc) is 2.39. The maximum atomic E-state index is 10.2. The summed E-state index contributed by atoms with van der Waals surface area (Å²) in [4.78, 5) is 5.13. The molecule has 0 saturated carbocycles. The molecule has 0 bridgehead atoms. The minimum absolute atomic E-state index is 0.484. The van der Waals surface area contributed by atoms with Gasteiger partial charge in [-0.1, -0.05) is 12.1 Å². The lowest BCUT2D eigenvalue weighted by atomic mass is 10.0. The summed E-state index contributed by atoms with van der Waals surface area (Å²) >= 11 is 1.69. The van der Waals surface area contributed by atoms with E-state index in [9.17, 15) is 5.11 Å². The molecular formula is C14H16N2OS.